The molecule has 16 heavy (non-hydrogen) atoms. The van der Waals surface area contributed by atoms with Crippen LogP contribution in [0.25, 0.3) is 0 Å². The highest BCUT2D eigenvalue weighted by Crippen LogP contribution is 2.31. The maximum atomic E-state index is 5.44. The minimum atomic E-state index is 0.400. The van der Waals surface area contributed by atoms with Crippen LogP contribution in [0.2, 0.25) is 0 Å². The summed E-state index contributed by atoms with van der Waals surface area (Å²) in [7, 11) is 3.88. The number of methoxy groups -OCH3 is 1. The van der Waals surface area contributed by atoms with Gasteiger partial charge in [0.2, 0.25) is 0 Å². The van der Waals surface area contributed by atoms with Gasteiger partial charge in [0.15, 0.2) is 0 Å². The molecule has 0 bridgehead atoms. The Morgan fingerprint density at radius 2 is 2.31 bits per heavy atom. The van der Waals surface area contributed by atoms with Crippen molar-refractivity contribution >= 4 is 15.9 Å². The van der Waals surface area contributed by atoms with Crippen LogP contribution < -0.4 is 10.1 Å². The third-order valence-electron chi connectivity index (χ3n) is 3.07. The molecular formula is C12H17BrN2O. The monoisotopic (exact) mass is 284 g/mol. The molecule has 1 aromatic carbocycles. The number of nitrogens with one attached hydrogen (secondary N) is 1. The van der Waals surface area contributed by atoms with E-state index in [4.69, 9.17) is 4.74 Å². The highest BCUT2D eigenvalue weighted by atomic mass is 79.9. The topological polar surface area (TPSA) is 24.5 Å². The number of hydrogen-bond donors (Lipinski definition) is 1. The van der Waals surface area contributed by atoms with Crippen LogP contribution >= 0.6 is 15.9 Å². The summed E-state index contributed by atoms with van der Waals surface area (Å²) < 4.78 is 6.50. The van der Waals surface area contributed by atoms with E-state index in [1.54, 1.807) is 7.11 Å². The smallest absolute Gasteiger partial charge is 0.124 e. The predicted octanol–water partition coefficient (Wildman–Crippen LogP) is 2.03. The zero-order valence-electron chi connectivity index (χ0n) is 9.66. The number of ether oxygens (including phenoxy) is 1. The lowest BCUT2D eigenvalue weighted by Crippen LogP contribution is -2.43. The summed E-state index contributed by atoms with van der Waals surface area (Å²) in [5.74, 6) is 0.954. The molecule has 0 aromatic heterocycles. The molecule has 1 unspecified atom stereocenters. The standard InChI is InChI=1S/C12H17BrN2O/c1-15-6-5-14-8-11(15)10-4-3-9(13)7-12(10)16-2/h3-4,7,11,14H,5-6,8H2,1-2H3. The van der Waals surface area contributed by atoms with Crippen LogP contribution in [0.15, 0.2) is 22.7 Å². The van der Waals surface area contributed by atoms with Gasteiger partial charge in [-0.3, -0.25) is 4.90 Å². The zero-order chi connectivity index (χ0) is 11.5. The van der Waals surface area contributed by atoms with Crippen LogP contribution in [0, 0.1) is 0 Å². The molecule has 1 fully saturated rings. The van der Waals surface area contributed by atoms with Crippen molar-refractivity contribution < 1.29 is 4.74 Å². The molecule has 1 aliphatic heterocycles. The van der Waals surface area contributed by atoms with Crippen molar-refractivity contribution in [1.82, 2.24) is 10.2 Å². The summed E-state index contributed by atoms with van der Waals surface area (Å²) in [4.78, 5) is 2.36. The Morgan fingerprint density at radius 1 is 1.50 bits per heavy atom. The van der Waals surface area contributed by atoms with E-state index >= 15 is 0 Å². The molecule has 2 rings (SSSR count). The Balaban J connectivity index is 2.30. The van der Waals surface area contributed by atoms with Gasteiger partial charge in [0.05, 0.1) is 13.2 Å². The lowest BCUT2D eigenvalue weighted by molar-refractivity contribution is 0.198. The molecule has 1 atom stereocenters. The fraction of sp³-hybridized carbons (Fsp3) is 0.500. The average Bonchev–Trinajstić information content (AvgIpc) is 2.30. The first-order valence-electron chi connectivity index (χ1n) is 5.47. The lowest BCUT2D eigenvalue weighted by Gasteiger charge is -2.34. The molecule has 3 nitrogen and oxygen atoms in total. The van der Waals surface area contributed by atoms with Crippen LogP contribution in [0.5, 0.6) is 5.75 Å². The van der Waals surface area contributed by atoms with E-state index in [2.05, 4.69) is 45.3 Å². The van der Waals surface area contributed by atoms with Gasteiger partial charge in [-0.05, 0) is 19.2 Å². The first kappa shape index (κ1) is 11.9. The Morgan fingerprint density at radius 3 is 3.00 bits per heavy atom. The van der Waals surface area contributed by atoms with Gasteiger partial charge in [0.1, 0.15) is 5.75 Å². The second-order valence-electron chi connectivity index (χ2n) is 4.09. The van der Waals surface area contributed by atoms with Crippen molar-refractivity contribution in [2.75, 3.05) is 33.8 Å². The molecule has 1 N–H and O–H groups in total. The quantitative estimate of drug-likeness (QED) is 0.900. The SMILES string of the molecule is COc1cc(Br)ccc1C1CNCCN1C. The summed E-state index contributed by atoms with van der Waals surface area (Å²) >= 11 is 3.47. The predicted molar refractivity (Wildman–Crippen MR) is 68.9 cm³/mol. The molecule has 4 heteroatoms. The highest BCUT2D eigenvalue weighted by Gasteiger charge is 2.23. The summed E-state index contributed by atoms with van der Waals surface area (Å²) in [5, 5.41) is 3.42. The number of likely N-dealkylation sites (N-methyl/N-ethyl adjacent to an activating group) is 1. The van der Waals surface area contributed by atoms with Crippen molar-refractivity contribution in [3.63, 3.8) is 0 Å². The maximum absolute atomic E-state index is 5.44. The van der Waals surface area contributed by atoms with Gasteiger partial charge in [-0.2, -0.15) is 0 Å². The first-order chi connectivity index (χ1) is 7.72. The first-order valence-corrected chi connectivity index (χ1v) is 6.26. The summed E-state index contributed by atoms with van der Waals surface area (Å²) in [5.41, 5.74) is 1.25. The zero-order valence-corrected chi connectivity index (χ0v) is 11.3. The van der Waals surface area contributed by atoms with Gasteiger partial charge in [-0.15, -0.1) is 0 Å². The van der Waals surface area contributed by atoms with Crippen molar-refractivity contribution in [3.8, 4) is 5.75 Å². The van der Waals surface area contributed by atoms with Crippen LogP contribution in [0.1, 0.15) is 11.6 Å². The van der Waals surface area contributed by atoms with E-state index in [1.807, 2.05) is 6.07 Å². The van der Waals surface area contributed by atoms with E-state index in [0.29, 0.717) is 6.04 Å². The van der Waals surface area contributed by atoms with Gasteiger partial charge in [0.25, 0.3) is 0 Å². The van der Waals surface area contributed by atoms with Gasteiger partial charge >= 0.3 is 0 Å². The van der Waals surface area contributed by atoms with Gasteiger partial charge in [-0.25, -0.2) is 0 Å². The molecule has 0 aliphatic carbocycles. The summed E-state index contributed by atoms with van der Waals surface area (Å²) in [6.07, 6.45) is 0. The maximum Gasteiger partial charge on any atom is 0.124 e. The van der Waals surface area contributed by atoms with Crippen molar-refractivity contribution in [2.45, 2.75) is 6.04 Å². The number of hydrogen-bond acceptors (Lipinski definition) is 3. The van der Waals surface area contributed by atoms with E-state index in [1.165, 1.54) is 5.56 Å². The number of halogens is 1. The number of nitrogens with zero attached hydrogens (tertiary/aromatic N) is 1. The van der Waals surface area contributed by atoms with Gasteiger partial charge < -0.3 is 10.1 Å². The average molecular weight is 285 g/mol. The third kappa shape index (κ3) is 2.39. The summed E-state index contributed by atoms with van der Waals surface area (Å²) in [6.45, 7) is 3.12. The van der Waals surface area contributed by atoms with Crippen molar-refractivity contribution in [3.05, 3.63) is 28.2 Å². The Labute approximate surface area is 105 Å². The van der Waals surface area contributed by atoms with E-state index in [0.717, 1.165) is 29.9 Å². The van der Waals surface area contributed by atoms with E-state index < -0.39 is 0 Å². The van der Waals surface area contributed by atoms with Crippen LogP contribution in [-0.4, -0.2) is 38.7 Å². The minimum Gasteiger partial charge on any atom is -0.496 e. The molecule has 88 valence electrons. The fourth-order valence-corrected chi connectivity index (χ4v) is 2.45. The summed E-state index contributed by atoms with van der Waals surface area (Å²) in [6, 6.07) is 6.63. The second-order valence-corrected chi connectivity index (χ2v) is 5.00. The van der Waals surface area contributed by atoms with Crippen LogP contribution in [0.3, 0.4) is 0 Å². The number of rotatable bonds is 2. The van der Waals surface area contributed by atoms with Crippen molar-refractivity contribution in [1.29, 1.82) is 0 Å². The molecule has 0 amide bonds. The molecule has 1 heterocycles. The number of piperazine rings is 1. The minimum absolute atomic E-state index is 0.400. The highest BCUT2D eigenvalue weighted by molar-refractivity contribution is 9.10. The van der Waals surface area contributed by atoms with Gasteiger partial charge in [0, 0.05) is 29.7 Å². The largest absolute Gasteiger partial charge is 0.496 e. The van der Waals surface area contributed by atoms with Crippen LogP contribution in [-0.2, 0) is 0 Å². The van der Waals surface area contributed by atoms with E-state index in [-0.39, 0.29) is 0 Å². The third-order valence-corrected chi connectivity index (χ3v) is 3.56. The lowest BCUT2D eigenvalue weighted by atomic mass is 10.0. The Hall–Kier alpha value is -0.580. The normalized spacial score (nSPS) is 22.1. The Kier molecular flexibility index (Phi) is 3.84. The van der Waals surface area contributed by atoms with E-state index in [9.17, 15) is 0 Å². The molecule has 1 aliphatic rings. The van der Waals surface area contributed by atoms with Crippen LogP contribution in [0.4, 0.5) is 0 Å². The second kappa shape index (κ2) is 5.17. The fourth-order valence-electron chi connectivity index (χ4n) is 2.11. The molecule has 0 radical (unpaired) electrons. The Bertz CT molecular complexity index is 370. The van der Waals surface area contributed by atoms with Crippen molar-refractivity contribution in [2.24, 2.45) is 0 Å². The van der Waals surface area contributed by atoms with Gasteiger partial charge in [-0.1, -0.05) is 22.0 Å². The molecule has 1 saturated heterocycles. The molecule has 0 saturated carbocycles. The molecule has 1 aromatic rings. The molecule has 0 spiro atoms. The number of benzene rings is 1. The molecular weight excluding hydrogens is 268 g/mol.